The number of carbonyl (C=O) groups excluding carboxylic acids is 1. The zero-order chi connectivity index (χ0) is 11.8. The summed E-state index contributed by atoms with van der Waals surface area (Å²) >= 11 is 0. The number of amides is 1. The molecule has 1 aliphatic carbocycles. The summed E-state index contributed by atoms with van der Waals surface area (Å²) in [5.74, 6) is 0.00884. The van der Waals surface area contributed by atoms with Gasteiger partial charge in [0, 0.05) is 6.54 Å². The normalized spacial score (nSPS) is 26.7. The summed E-state index contributed by atoms with van der Waals surface area (Å²) in [5, 5.41) is 9.18. The van der Waals surface area contributed by atoms with Gasteiger partial charge in [0.05, 0.1) is 24.8 Å². The highest BCUT2D eigenvalue weighted by molar-refractivity contribution is 5.87. The summed E-state index contributed by atoms with van der Waals surface area (Å²) in [6.07, 6.45) is 2.43. The van der Waals surface area contributed by atoms with Crippen molar-refractivity contribution in [3.63, 3.8) is 0 Å². The lowest BCUT2D eigenvalue weighted by molar-refractivity contribution is -0.158. The molecule has 0 aromatic rings. The van der Waals surface area contributed by atoms with Crippen molar-refractivity contribution in [1.82, 2.24) is 4.90 Å². The van der Waals surface area contributed by atoms with Gasteiger partial charge in [0.25, 0.3) is 0 Å². The van der Waals surface area contributed by atoms with Gasteiger partial charge in [-0.25, -0.2) is 0 Å². The summed E-state index contributed by atoms with van der Waals surface area (Å²) in [5.41, 5.74) is -1.01. The molecule has 4 nitrogen and oxygen atoms in total. The minimum absolute atomic E-state index is 0.00884. The van der Waals surface area contributed by atoms with E-state index in [0.717, 1.165) is 19.3 Å². The Morgan fingerprint density at radius 3 is 2.56 bits per heavy atom. The number of carbonyl (C=O) groups is 1. The molecular formula is C12H18N2O2. The fourth-order valence-corrected chi connectivity index (χ4v) is 2.40. The lowest BCUT2D eigenvalue weighted by Gasteiger charge is -2.47. The summed E-state index contributed by atoms with van der Waals surface area (Å²) < 4.78 is 5.39. The largest absolute Gasteiger partial charge is 0.377 e. The van der Waals surface area contributed by atoms with Crippen LogP contribution in [0.2, 0.25) is 0 Å². The molecule has 1 aliphatic heterocycles. The van der Waals surface area contributed by atoms with E-state index in [1.165, 1.54) is 0 Å². The highest BCUT2D eigenvalue weighted by Crippen LogP contribution is 2.43. The van der Waals surface area contributed by atoms with E-state index in [0.29, 0.717) is 19.8 Å². The Bertz CT molecular complexity index is 339. The van der Waals surface area contributed by atoms with Crippen LogP contribution in [0.1, 0.15) is 33.1 Å². The highest BCUT2D eigenvalue weighted by atomic mass is 16.5. The third kappa shape index (κ3) is 1.60. The number of nitriles is 1. The summed E-state index contributed by atoms with van der Waals surface area (Å²) in [7, 11) is 0. The fourth-order valence-electron chi connectivity index (χ4n) is 2.40. The van der Waals surface area contributed by atoms with Crippen molar-refractivity contribution in [2.45, 2.75) is 38.6 Å². The van der Waals surface area contributed by atoms with Crippen LogP contribution < -0.4 is 0 Å². The zero-order valence-corrected chi connectivity index (χ0v) is 9.95. The second-order valence-electron chi connectivity index (χ2n) is 5.37. The Hall–Kier alpha value is -1.08. The van der Waals surface area contributed by atoms with Crippen LogP contribution in [0.25, 0.3) is 0 Å². The monoisotopic (exact) mass is 222 g/mol. The van der Waals surface area contributed by atoms with Crippen LogP contribution in [0.15, 0.2) is 0 Å². The second kappa shape index (κ2) is 3.74. The summed E-state index contributed by atoms with van der Waals surface area (Å²) in [6, 6.07) is 2.22. The lowest BCUT2D eigenvalue weighted by Crippen LogP contribution is -2.60. The predicted molar refractivity (Wildman–Crippen MR) is 58.5 cm³/mol. The molecule has 0 atom stereocenters. The van der Waals surface area contributed by atoms with E-state index in [1.807, 2.05) is 18.7 Å². The number of ether oxygens (including phenoxy) is 1. The standard InChI is InChI=1S/C12H18N2O2/c1-11(2)9-16-7-6-14(11)10(15)12(8-13)4-3-5-12/h3-7,9H2,1-2H3. The molecule has 1 saturated carbocycles. The van der Waals surface area contributed by atoms with E-state index in [9.17, 15) is 10.1 Å². The maximum Gasteiger partial charge on any atom is 0.243 e. The predicted octanol–water partition coefficient (Wildman–Crippen LogP) is 1.32. The molecule has 2 aliphatic rings. The number of rotatable bonds is 1. The fraction of sp³-hybridized carbons (Fsp3) is 0.833. The molecule has 1 saturated heterocycles. The number of morpholine rings is 1. The van der Waals surface area contributed by atoms with E-state index >= 15 is 0 Å². The molecule has 0 aromatic carbocycles. The number of nitrogens with zero attached hydrogens (tertiary/aromatic N) is 2. The van der Waals surface area contributed by atoms with Crippen LogP contribution in [0.3, 0.4) is 0 Å². The lowest BCUT2D eigenvalue weighted by atomic mass is 9.68. The maximum absolute atomic E-state index is 12.4. The minimum atomic E-state index is -0.728. The van der Waals surface area contributed by atoms with E-state index in [1.54, 1.807) is 0 Å². The van der Waals surface area contributed by atoms with Crippen molar-refractivity contribution >= 4 is 5.91 Å². The Balaban J connectivity index is 2.18. The van der Waals surface area contributed by atoms with E-state index in [-0.39, 0.29) is 11.4 Å². The van der Waals surface area contributed by atoms with Gasteiger partial charge in [0.15, 0.2) is 0 Å². The SMILES string of the molecule is CC1(C)COCCN1C(=O)C1(C#N)CCC1. The molecule has 0 aromatic heterocycles. The topological polar surface area (TPSA) is 53.3 Å². The Labute approximate surface area is 96.2 Å². The molecule has 0 N–H and O–H groups in total. The van der Waals surface area contributed by atoms with Gasteiger partial charge in [-0.1, -0.05) is 0 Å². The average Bonchev–Trinajstić information content (AvgIpc) is 2.16. The molecule has 0 spiro atoms. The van der Waals surface area contributed by atoms with Gasteiger partial charge < -0.3 is 9.64 Å². The Morgan fingerprint density at radius 1 is 1.44 bits per heavy atom. The second-order valence-corrected chi connectivity index (χ2v) is 5.37. The van der Waals surface area contributed by atoms with Gasteiger partial charge >= 0.3 is 0 Å². The van der Waals surface area contributed by atoms with E-state index in [4.69, 9.17) is 4.74 Å². The first kappa shape index (κ1) is 11.4. The van der Waals surface area contributed by atoms with Crippen LogP contribution in [0.4, 0.5) is 0 Å². The third-order valence-electron chi connectivity index (χ3n) is 3.72. The smallest absolute Gasteiger partial charge is 0.243 e. The van der Waals surface area contributed by atoms with Crippen LogP contribution in [-0.2, 0) is 9.53 Å². The van der Waals surface area contributed by atoms with Gasteiger partial charge in [-0.2, -0.15) is 5.26 Å². The van der Waals surface area contributed by atoms with Crippen molar-refractivity contribution in [2.75, 3.05) is 19.8 Å². The first-order chi connectivity index (χ1) is 7.52. The third-order valence-corrected chi connectivity index (χ3v) is 3.72. The first-order valence-corrected chi connectivity index (χ1v) is 5.83. The van der Waals surface area contributed by atoms with Crippen molar-refractivity contribution in [3.8, 4) is 6.07 Å². The summed E-state index contributed by atoms with van der Waals surface area (Å²) in [4.78, 5) is 14.2. The Morgan fingerprint density at radius 2 is 2.12 bits per heavy atom. The van der Waals surface area contributed by atoms with Gasteiger partial charge in [0.1, 0.15) is 5.41 Å². The number of hydrogen-bond acceptors (Lipinski definition) is 3. The minimum Gasteiger partial charge on any atom is -0.377 e. The van der Waals surface area contributed by atoms with Crippen molar-refractivity contribution < 1.29 is 9.53 Å². The van der Waals surface area contributed by atoms with Crippen molar-refractivity contribution in [1.29, 1.82) is 5.26 Å². The molecule has 2 fully saturated rings. The molecule has 0 radical (unpaired) electrons. The average molecular weight is 222 g/mol. The number of hydrogen-bond donors (Lipinski definition) is 0. The molecule has 4 heteroatoms. The van der Waals surface area contributed by atoms with Gasteiger partial charge in [0.2, 0.25) is 5.91 Å². The molecule has 1 amide bonds. The maximum atomic E-state index is 12.4. The van der Waals surface area contributed by atoms with Crippen LogP contribution >= 0.6 is 0 Å². The van der Waals surface area contributed by atoms with Crippen LogP contribution in [-0.4, -0.2) is 36.1 Å². The molecule has 1 heterocycles. The molecule has 88 valence electrons. The molecule has 16 heavy (non-hydrogen) atoms. The van der Waals surface area contributed by atoms with Gasteiger partial charge in [-0.3, -0.25) is 4.79 Å². The van der Waals surface area contributed by atoms with Gasteiger partial charge in [-0.15, -0.1) is 0 Å². The van der Waals surface area contributed by atoms with E-state index < -0.39 is 5.41 Å². The van der Waals surface area contributed by atoms with Crippen molar-refractivity contribution in [2.24, 2.45) is 5.41 Å². The summed E-state index contributed by atoms with van der Waals surface area (Å²) in [6.45, 7) is 5.73. The quantitative estimate of drug-likeness (QED) is 0.672. The Kier molecular flexibility index (Phi) is 2.67. The van der Waals surface area contributed by atoms with E-state index in [2.05, 4.69) is 6.07 Å². The molecule has 0 bridgehead atoms. The first-order valence-electron chi connectivity index (χ1n) is 5.83. The van der Waals surface area contributed by atoms with Crippen LogP contribution in [0.5, 0.6) is 0 Å². The van der Waals surface area contributed by atoms with Crippen molar-refractivity contribution in [3.05, 3.63) is 0 Å². The van der Waals surface area contributed by atoms with Crippen LogP contribution in [0, 0.1) is 16.7 Å². The molecule has 0 unspecified atom stereocenters. The molecule has 2 rings (SSSR count). The highest BCUT2D eigenvalue weighted by Gasteiger charge is 2.50. The zero-order valence-electron chi connectivity index (χ0n) is 9.95. The molecular weight excluding hydrogens is 204 g/mol. The van der Waals surface area contributed by atoms with Gasteiger partial charge in [-0.05, 0) is 33.1 Å².